The van der Waals surface area contributed by atoms with Gasteiger partial charge < -0.3 is 30.0 Å². The number of rotatable bonds is 7. The molecule has 0 aromatic carbocycles. The maximum atomic E-state index is 15.5. The number of alkyl halides is 1. The Morgan fingerprint density at radius 2 is 2.37 bits per heavy atom. The zero-order valence-electron chi connectivity index (χ0n) is 14.5. The van der Waals surface area contributed by atoms with Crippen molar-refractivity contribution < 1.29 is 24.1 Å². The van der Waals surface area contributed by atoms with Gasteiger partial charge in [0.05, 0.1) is 39.2 Å². The van der Waals surface area contributed by atoms with Crippen molar-refractivity contribution in [2.45, 2.75) is 30.8 Å². The summed E-state index contributed by atoms with van der Waals surface area (Å²) < 4.78 is 27.5. The summed E-state index contributed by atoms with van der Waals surface area (Å²) in [6.45, 7) is 0.0613. The monoisotopic (exact) mass is 382 g/mol. The van der Waals surface area contributed by atoms with Gasteiger partial charge in [0.2, 0.25) is 11.8 Å². The van der Waals surface area contributed by atoms with Gasteiger partial charge >= 0.3 is 0 Å². The molecule has 1 aliphatic rings. The molecule has 2 aromatic heterocycles. The first-order valence-electron chi connectivity index (χ1n) is 8.13. The van der Waals surface area contributed by atoms with Gasteiger partial charge in [-0.2, -0.15) is 9.97 Å². The minimum Gasteiger partial charge on any atom is -0.476 e. The van der Waals surface area contributed by atoms with Crippen LogP contribution in [0.1, 0.15) is 6.92 Å². The predicted molar refractivity (Wildman–Crippen MR) is 90.5 cm³/mol. The number of ether oxygens (including phenoxy) is 2. The van der Waals surface area contributed by atoms with Crippen LogP contribution in [0.15, 0.2) is 11.4 Å². The molecule has 1 aliphatic heterocycles. The highest BCUT2D eigenvalue weighted by Crippen LogP contribution is 2.38. The van der Waals surface area contributed by atoms with Crippen molar-refractivity contribution in [1.29, 1.82) is 0 Å². The lowest BCUT2D eigenvalue weighted by Crippen LogP contribution is -2.53. The summed E-state index contributed by atoms with van der Waals surface area (Å²) in [7, 11) is 0. The number of fused-ring (bicyclic) bond motifs is 1. The summed E-state index contributed by atoms with van der Waals surface area (Å²) >= 11 is 0. The molecule has 12 nitrogen and oxygen atoms in total. The van der Waals surface area contributed by atoms with E-state index in [2.05, 4.69) is 25.0 Å². The fourth-order valence-electron chi connectivity index (χ4n) is 3.06. The average Bonchev–Trinajstić information content (AvgIpc) is 3.15. The number of aromatic nitrogens is 4. The summed E-state index contributed by atoms with van der Waals surface area (Å²) in [4.78, 5) is 14.7. The Morgan fingerprint density at radius 1 is 1.59 bits per heavy atom. The number of aliphatic hydroxyl groups excluding tert-OH is 2. The van der Waals surface area contributed by atoms with E-state index in [0.29, 0.717) is 12.1 Å². The molecule has 0 amide bonds. The SMILES string of the molecule is CCOc1nc(N)nc2c1ncn2C[C@@]1(F)CO[C@@](CO)(CN=[N+]=[N-])[C@H]1O. The first-order valence-corrected chi connectivity index (χ1v) is 8.13. The molecule has 2 aromatic rings. The number of anilines is 1. The Balaban J connectivity index is 1.94. The molecule has 3 heterocycles. The number of nitrogens with zero attached hydrogens (tertiary/aromatic N) is 7. The summed E-state index contributed by atoms with van der Waals surface area (Å²) in [6, 6.07) is 0. The molecule has 0 bridgehead atoms. The third-order valence-electron chi connectivity index (χ3n) is 4.42. The van der Waals surface area contributed by atoms with Crippen molar-refractivity contribution in [3.05, 3.63) is 16.8 Å². The van der Waals surface area contributed by atoms with E-state index in [9.17, 15) is 10.2 Å². The van der Waals surface area contributed by atoms with E-state index in [0.717, 1.165) is 0 Å². The summed E-state index contributed by atoms with van der Waals surface area (Å²) in [5, 5.41) is 23.4. The Labute approximate surface area is 152 Å². The normalized spacial score (nSPS) is 27.6. The number of hydrogen-bond acceptors (Lipinski definition) is 9. The standard InChI is InChI=1S/C14H19FN8O4/c1-2-26-10-8-9(20-12(16)21-10)23(7-18-8)4-13(15)6-27-14(5-24,11(13)25)3-19-22-17/h7,11,24-25H,2-6H2,1H3,(H2,16,20,21)/t11-,13+,14+/m0/s1. The van der Waals surface area contributed by atoms with Gasteiger partial charge in [-0.05, 0) is 12.5 Å². The third kappa shape index (κ3) is 3.21. The molecule has 0 aliphatic carbocycles. The van der Waals surface area contributed by atoms with E-state index in [1.54, 1.807) is 6.92 Å². The van der Waals surface area contributed by atoms with Crippen LogP contribution in [0.5, 0.6) is 5.88 Å². The highest BCUT2D eigenvalue weighted by atomic mass is 19.1. The van der Waals surface area contributed by atoms with Crippen LogP contribution in [-0.4, -0.2) is 73.5 Å². The van der Waals surface area contributed by atoms with Crippen molar-refractivity contribution in [3.8, 4) is 5.88 Å². The summed E-state index contributed by atoms with van der Waals surface area (Å²) in [5.41, 5.74) is 10.7. The number of nitrogen functional groups attached to an aromatic ring is 1. The third-order valence-corrected chi connectivity index (χ3v) is 4.42. The van der Waals surface area contributed by atoms with E-state index in [-0.39, 0.29) is 24.0 Å². The Kier molecular flexibility index (Phi) is 5.02. The molecule has 146 valence electrons. The number of imidazole rings is 1. The van der Waals surface area contributed by atoms with Crippen LogP contribution in [0, 0.1) is 0 Å². The molecule has 0 spiro atoms. The van der Waals surface area contributed by atoms with Crippen molar-refractivity contribution in [3.63, 3.8) is 0 Å². The fourth-order valence-corrected chi connectivity index (χ4v) is 3.06. The maximum absolute atomic E-state index is 15.5. The molecular formula is C14H19FN8O4. The Morgan fingerprint density at radius 3 is 3.04 bits per heavy atom. The van der Waals surface area contributed by atoms with Crippen LogP contribution in [0.2, 0.25) is 0 Å². The molecular weight excluding hydrogens is 363 g/mol. The number of hydrogen-bond donors (Lipinski definition) is 3. The molecule has 0 radical (unpaired) electrons. The molecule has 13 heteroatoms. The average molecular weight is 382 g/mol. The van der Waals surface area contributed by atoms with Gasteiger partial charge in [-0.15, -0.1) is 0 Å². The Bertz CT molecular complexity index is 887. The summed E-state index contributed by atoms with van der Waals surface area (Å²) in [6.07, 6.45) is -0.426. The van der Waals surface area contributed by atoms with Gasteiger partial charge in [0, 0.05) is 4.91 Å². The van der Waals surface area contributed by atoms with Crippen LogP contribution in [-0.2, 0) is 11.3 Å². The molecule has 1 fully saturated rings. The van der Waals surface area contributed by atoms with Crippen molar-refractivity contribution in [2.75, 3.05) is 32.1 Å². The lowest BCUT2D eigenvalue weighted by Gasteiger charge is -2.31. The Hall–Kier alpha value is -2.73. The largest absolute Gasteiger partial charge is 0.476 e. The van der Waals surface area contributed by atoms with Crippen LogP contribution in [0.3, 0.4) is 0 Å². The molecule has 3 rings (SSSR count). The van der Waals surface area contributed by atoms with Gasteiger partial charge in [0.25, 0.3) is 0 Å². The topological polar surface area (TPSA) is 177 Å². The molecule has 0 saturated carbocycles. The number of halogens is 1. The molecule has 4 N–H and O–H groups in total. The fraction of sp³-hybridized carbons (Fsp3) is 0.643. The van der Waals surface area contributed by atoms with E-state index in [1.165, 1.54) is 10.9 Å². The quantitative estimate of drug-likeness (QED) is 0.339. The van der Waals surface area contributed by atoms with Crippen LogP contribution < -0.4 is 10.5 Å². The van der Waals surface area contributed by atoms with Crippen LogP contribution in [0.4, 0.5) is 10.3 Å². The lowest BCUT2D eigenvalue weighted by atomic mass is 9.88. The second-order valence-electron chi connectivity index (χ2n) is 6.20. The van der Waals surface area contributed by atoms with Crippen molar-refractivity contribution >= 4 is 17.1 Å². The van der Waals surface area contributed by atoms with E-state index in [1.807, 2.05) is 0 Å². The number of azide groups is 1. The summed E-state index contributed by atoms with van der Waals surface area (Å²) in [5.74, 6) is 0.0971. The van der Waals surface area contributed by atoms with Crippen LogP contribution >= 0.6 is 0 Å². The first kappa shape index (κ1) is 19.0. The maximum Gasteiger partial charge on any atom is 0.247 e. The van der Waals surface area contributed by atoms with Crippen LogP contribution in [0.25, 0.3) is 21.6 Å². The second kappa shape index (κ2) is 7.12. The minimum atomic E-state index is -2.28. The molecule has 27 heavy (non-hydrogen) atoms. The van der Waals surface area contributed by atoms with Gasteiger partial charge in [0.15, 0.2) is 16.8 Å². The zero-order valence-corrected chi connectivity index (χ0v) is 14.5. The van der Waals surface area contributed by atoms with Gasteiger partial charge in [-0.1, -0.05) is 5.11 Å². The minimum absolute atomic E-state index is 0.0723. The highest BCUT2D eigenvalue weighted by molar-refractivity contribution is 5.77. The van der Waals surface area contributed by atoms with Gasteiger partial charge in [0.1, 0.15) is 11.7 Å². The smallest absolute Gasteiger partial charge is 0.247 e. The van der Waals surface area contributed by atoms with Crippen molar-refractivity contribution in [1.82, 2.24) is 19.5 Å². The zero-order chi connectivity index (χ0) is 19.7. The van der Waals surface area contributed by atoms with E-state index < -0.39 is 37.1 Å². The first-order chi connectivity index (χ1) is 12.9. The lowest BCUT2D eigenvalue weighted by molar-refractivity contribution is -0.0918. The van der Waals surface area contributed by atoms with E-state index in [4.69, 9.17) is 20.7 Å². The number of aliphatic hydroxyl groups is 2. The predicted octanol–water partition coefficient (Wildman–Crippen LogP) is -0.0520. The number of nitrogens with two attached hydrogens (primary N) is 1. The van der Waals surface area contributed by atoms with E-state index >= 15 is 4.39 Å². The molecule has 0 unspecified atom stereocenters. The molecule has 3 atom stereocenters. The highest BCUT2D eigenvalue weighted by Gasteiger charge is 2.58. The molecule has 1 saturated heterocycles. The van der Waals surface area contributed by atoms with Gasteiger partial charge in [-0.3, -0.25) is 0 Å². The van der Waals surface area contributed by atoms with Crippen molar-refractivity contribution in [2.24, 2.45) is 5.11 Å². The second-order valence-corrected chi connectivity index (χ2v) is 6.20. The van der Waals surface area contributed by atoms with Gasteiger partial charge in [-0.25, -0.2) is 9.37 Å².